The van der Waals surface area contributed by atoms with Gasteiger partial charge in [0.2, 0.25) is 5.91 Å². The minimum atomic E-state index is 0.112. The number of nitrogens with one attached hydrogen (secondary N) is 2. The van der Waals surface area contributed by atoms with Crippen molar-refractivity contribution in [3.8, 4) is 0 Å². The topological polar surface area (TPSA) is 47.6 Å². The van der Waals surface area contributed by atoms with Crippen LogP contribution in [0.3, 0.4) is 0 Å². The van der Waals surface area contributed by atoms with Gasteiger partial charge in [-0.1, -0.05) is 12.1 Å². The van der Waals surface area contributed by atoms with Gasteiger partial charge in [0.1, 0.15) is 0 Å². The molecule has 2 heterocycles. The lowest BCUT2D eigenvalue weighted by Crippen LogP contribution is -2.43. The number of carbonyl (C=O) groups is 1. The Balaban J connectivity index is 1.51. The molecule has 0 aliphatic carbocycles. The van der Waals surface area contributed by atoms with E-state index in [1.165, 1.54) is 12.0 Å². The lowest BCUT2D eigenvalue weighted by molar-refractivity contribution is -0.116. The fourth-order valence-corrected chi connectivity index (χ4v) is 3.38. The Hall–Kier alpha value is -1.43. The minimum Gasteiger partial charge on any atom is -0.326 e. The number of hydrogen-bond donors (Lipinski definition) is 2. The average Bonchev–Trinajstić information content (AvgIpc) is 3.03. The molecule has 0 aromatic heterocycles. The Morgan fingerprint density at radius 1 is 1.30 bits per heavy atom. The zero-order chi connectivity index (χ0) is 16.1. The van der Waals surface area contributed by atoms with Gasteiger partial charge in [0.05, 0.1) is 0 Å². The molecule has 2 saturated heterocycles. The van der Waals surface area contributed by atoms with Gasteiger partial charge in [0, 0.05) is 50.9 Å². The maximum absolute atomic E-state index is 12.1. The predicted molar refractivity (Wildman–Crippen MR) is 93.5 cm³/mol. The van der Waals surface area contributed by atoms with Gasteiger partial charge in [-0.2, -0.15) is 0 Å². The van der Waals surface area contributed by atoms with Gasteiger partial charge in [-0.3, -0.25) is 9.69 Å². The number of piperazine rings is 1. The Morgan fingerprint density at radius 3 is 2.87 bits per heavy atom. The molecule has 2 aliphatic heterocycles. The molecule has 126 valence electrons. The monoisotopic (exact) mass is 316 g/mol. The first kappa shape index (κ1) is 16.4. The van der Waals surface area contributed by atoms with Crippen molar-refractivity contribution in [2.75, 3.05) is 45.1 Å². The molecule has 2 aliphatic rings. The standard InChI is InChI=1S/C18H28N4O/c1-21-8-10-22(11-9-21)14-15-4-2-5-17(12-15)20-18(23)13-16-6-3-7-19-16/h2,4-5,12,16,19H,3,6-11,13-14H2,1H3,(H,20,23). The van der Waals surface area contributed by atoms with Crippen molar-refractivity contribution in [1.82, 2.24) is 15.1 Å². The van der Waals surface area contributed by atoms with Gasteiger partial charge in [-0.15, -0.1) is 0 Å². The second kappa shape index (κ2) is 7.90. The van der Waals surface area contributed by atoms with Crippen LogP contribution in [0.15, 0.2) is 24.3 Å². The summed E-state index contributed by atoms with van der Waals surface area (Å²) in [6.45, 7) is 6.48. The molecule has 0 bridgehead atoms. The number of hydrogen-bond acceptors (Lipinski definition) is 4. The van der Waals surface area contributed by atoms with Crippen LogP contribution in [0.5, 0.6) is 0 Å². The summed E-state index contributed by atoms with van der Waals surface area (Å²) in [5.74, 6) is 0.112. The second-order valence-corrected chi connectivity index (χ2v) is 6.83. The number of anilines is 1. The first-order valence-electron chi connectivity index (χ1n) is 8.72. The summed E-state index contributed by atoms with van der Waals surface area (Å²) in [6.07, 6.45) is 2.86. The number of likely N-dealkylation sites (N-methyl/N-ethyl adjacent to an activating group) is 1. The van der Waals surface area contributed by atoms with Crippen molar-refractivity contribution < 1.29 is 4.79 Å². The molecule has 1 atom stereocenters. The maximum Gasteiger partial charge on any atom is 0.225 e. The molecule has 1 aromatic carbocycles. The number of nitrogens with zero attached hydrogens (tertiary/aromatic N) is 2. The molecule has 1 unspecified atom stereocenters. The highest BCUT2D eigenvalue weighted by molar-refractivity contribution is 5.91. The highest BCUT2D eigenvalue weighted by Crippen LogP contribution is 2.15. The Morgan fingerprint density at radius 2 is 2.13 bits per heavy atom. The van der Waals surface area contributed by atoms with Gasteiger partial charge >= 0.3 is 0 Å². The Kier molecular flexibility index (Phi) is 5.65. The van der Waals surface area contributed by atoms with Crippen LogP contribution in [-0.4, -0.2) is 61.5 Å². The fraction of sp³-hybridized carbons (Fsp3) is 0.611. The molecule has 0 radical (unpaired) electrons. The van der Waals surface area contributed by atoms with Crippen LogP contribution in [0.2, 0.25) is 0 Å². The van der Waals surface area contributed by atoms with E-state index in [9.17, 15) is 4.79 Å². The number of rotatable bonds is 5. The van der Waals surface area contributed by atoms with E-state index < -0.39 is 0 Å². The first-order chi connectivity index (χ1) is 11.2. The molecule has 1 amide bonds. The summed E-state index contributed by atoms with van der Waals surface area (Å²) in [5, 5.41) is 6.42. The van der Waals surface area contributed by atoms with Crippen LogP contribution in [0.1, 0.15) is 24.8 Å². The van der Waals surface area contributed by atoms with E-state index in [-0.39, 0.29) is 5.91 Å². The van der Waals surface area contributed by atoms with Crippen LogP contribution < -0.4 is 10.6 Å². The number of benzene rings is 1. The predicted octanol–water partition coefficient (Wildman–Crippen LogP) is 1.51. The maximum atomic E-state index is 12.1. The zero-order valence-corrected chi connectivity index (χ0v) is 14.1. The van der Waals surface area contributed by atoms with Crippen molar-refractivity contribution in [1.29, 1.82) is 0 Å². The summed E-state index contributed by atoms with van der Waals surface area (Å²) in [6, 6.07) is 8.62. The lowest BCUT2D eigenvalue weighted by Gasteiger charge is -2.32. The van der Waals surface area contributed by atoms with E-state index in [1.54, 1.807) is 0 Å². The van der Waals surface area contributed by atoms with E-state index in [0.717, 1.165) is 51.4 Å². The first-order valence-corrected chi connectivity index (χ1v) is 8.72. The molecule has 5 nitrogen and oxygen atoms in total. The third kappa shape index (κ3) is 5.03. The van der Waals surface area contributed by atoms with Crippen LogP contribution in [0.25, 0.3) is 0 Å². The van der Waals surface area contributed by atoms with Crippen LogP contribution in [-0.2, 0) is 11.3 Å². The molecule has 0 saturated carbocycles. The highest BCUT2D eigenvalue weighted by atomic mass is 16.1. The minimum absolute atomic E-state index is 0.112. The molecule has 2 N–H and O–H groups in total. The van der Waals surface area contributed by atoms with E-state index in [2.05, 4.69) is 39.6 Å². The summed E-state index contributed by atoms with van der Waals surface area (Å²) < 4.78 is 0. The normalized spacial score (nSPS) is 23.1. The Labute approximate surface area is 139 Å². The van der Waals surface area contributed by atoms with E-state index in [0.29, 0.717) is 12.5 Å². The zero-order valence-electron chi connectivity index (χ0n) is 14.1. The molecule has 1 aromatic rings. The van der Waals surface area contributed by atoms with Crippen molar-refractivity contribution in [2.24, 2.45) is 0 Å². The molecule has 0 spiro atoms. The summed E-state index contributed by atoms with van der Waals surface area (Å²) in [5.41, 5.74) is 2.19. The van der Waals surface area contributed by atoms with Crippen molar-refractivity contribution >= 4 is 11.6 Å². The molecular formula is C18H28N4O. The molecular weight excluding hydrogens is 288 g/mol. The largest absolute Gasteiger partial charge is 0.326 e. The quantitative estimate of drug-likeness (QED) is 0.865. The fourth-order valence-electron chi connectivity index (χ4n) is 3.38. The van der Waals surface area contributed by atoms with Crippen LogP contribution in [0.4, 0.5) is 5.69 Å². The second-order valence-electron chi connectivity index (χ2n) is 6.83. The summed E-state index contributed by atoms with van der Waals surface area (Å²) in [4.78, 5) is 17.0. The summed E-state index contributed by atoms with van der Waals surface area (Å²) >= 11 is 0. The van der Waals surface area contributed by atoms with Crippen molar-refractivity contribution in [3.63, 3.8) is 0 Å². The van der Waals surface area contributed by atoms with Crippen LogP contribution in [0, 0.1) is 0 Å². The number of carbonyl (C=O) groups excluding carboxylic acids is 1. The lowest BCUT2D eigenvalue weighted by atomic mass is 10.1. The van der Waals surface area contributed by atoms with Gasteiger partial charge in [0.15, 0.2) is 0 Å². The average molecular weight is 316 g/mol. The summed E-state index contributed by atoms with van der Waals surface area (Å²) in [7, 11) is 2.17. The van der Waals surface area contributed by atoms with E-state index >= 15 is 0 Å². The molecule has 23 heavy (non-hydrogen) atoms. The molecule has 5 heteroatoms. The Bertz CT molecular complexity index is 520. The third-order valence-electron chi connectivity index (χ3n) is 4.81. The number of amides is 1. The van der Waals surface area contributed by atoms with Gasteiger partial charge in [-0.05, 0) is 44.1 Å². The van der Waals surface area contributed by atoms with Crippen molar-refractivity contribution in [2.45, 2.75) is 31.8 Å². The molecule has 3 rings (SSSR count). The van der Waals surface area contributed by atoms with Gasteiger partial charge in [-0.25, -0.2) is 0 Å². The third-order valence-corrected chi connectivity index (χ3v) is 4.81. The SMILES string of the molecule is CN1CCN(Cc2cccc(NC(=O)CC3CCCN3)c2)CC1. The van der Waals surface area contributed by atoms with Crippen LogP contribution >= 0.6 is 0 Å². The van der Waals surface area contributed by atoms with Gasteiger partial charge < -0.3 is 15.5 Å². The highest BCUT2D eigenvalue weighted by Gasteiger charge is 2.18. The van der Waals surface area contributed by atoms with E-state index in [1.807, 2.05) is 12.1 Å². The van der Waals surface area contributed by atoms with E-state index in [4.69, 9.17) is 0 Å². The smallest absolute Gasteiger partial charge is 0.225 e. The molecule has 2 fully saturated rings. The van der Waals surface area contributed by atoms with Crippen molar-refractivity contribution in [3.05, 3.63) is 29.8 Å². The van der Waals surface area contributed by atoms with Gasteiger partial charge in [0.25, 0.3) is 0 Å².